The molecule has 4 aromatic rings. The monoisotopic (exact) mass is 406 g/mol. The maximum Gasteiger partial charge on any atom is 0.417 e. The Morgan fingerprint density at radius 1 is 1.31 bits per heavy atom. The summed E-state index contributed by atoms with van der Waals surface area (Å²) in [5, 5.41) is 4.08. The summed E-state index contributed by atoms with van der Waals surface area (Å²) >= 11 is 9.02. The zero-order chi connectivity index (χ0) is 18.1. The number of nitrogens with zero attached hydrogens (tertiary/aromatic N) is 1. The number of hydrogen-bond donors (Lipinski definition) is 3. The summed E-state index contributed by atoms with van der Waals surface area (Å²) in [6.07, 6.45) is 2.56. The first kappa shape index (κ1) is 17.3. The van der Waals surface area contributed by atoms with E-state index < -0.39 is 5.76 Å². The molecule has 9 heteroatoms. The van der Waals surface area contributed by atoms with E-state index in [0.29, 0.717) is 17.6 Å². The molecule has 1 aromatic carbocycles. The fraction of sp³-hybridized carbons (Fsp3) is 0.176. The van der Waals surface area contributed by atoms with Crippen molar-refractivity contribution in [3.63, 3.8) is 0 Å². The van der Waals surface area contributed by atoms with Crippen LogP contribution in [0.3, 0.4) is 0 Å². The maximum absolute atomic E-state index is 11.3. The van der Waals surface area contributed by atoms with Crippen molar-refractivity contribution >= 4 is 50.5 Å². The van der Waals surface area contributed by atoms with Crippen molar-refractivity contribution in [2.24, 2.45) is 5.73 Å². The van der Waals surface area contributed by atoms with Crippen LogP contribution in [0.1, 0.15) is 4.88 Å². The Bertz CT molecular complexity index is 1100. The molecular weight excluding hydrogens is 392 g/mol. The van der Waals surface area contributed by atoms with E-state index >= 15 is 0 Å². The van der Waals surface area contributed by atoms with Gasteiger partial charge in [-0.1, -0.05) is 29.0 Å². The lowest BCUT2D eigenvalue weighted by atomic mass is 10.2. The highest BCUT2D eigenvalue weighted by atomic mass is 35.5. The summed E-state index contributed by atoms with van der Waals surface area (Å²) < 4.78 is 5.88. The van der Waals surface area contributed by atoms with Gasteiger partial charge in [-0.2, -0.15) is 0 Å². The molecule has 0 unspecified atom stereocenters. The number of thiophene rings is 1. The normalized spacial score (nSPS) is 12.5. The van der Waals surface area contributed by atoms with Gasteiger partial charge in [0.25, 0.3) is 0 Å². The number of oxazole rings is 1. The van der Waals surface area contributed by atoms with Crippen molar-refractivity contribution in [2.75, 3.05) is 11.9 Å². The molecule has 0 amide bonds. The minimum absolute atomic E-state index is 0.0254. The molecule has 26 heavy (non-hydrogen) atoms. The summed E-state index contributed by atoms with van der Waals surface area (Å²) in [5.74, 6) is -0.454. The van der Waals surface area contributed by atoms with Gasteiger partial charge in [-0.15, -0.1) is 11.3 Å². The highest BCUT2D eigenvalue weighted by molar-refractivity contribution is 7.18. The lowest BCUT2D eigenvalue weighted by Crippen LogP contribution is -2.30. The number of fused-ring (bicyclic) bond motifs is 1. The number of H-pyrrole nitrogens is 1. The molecule has 0 radical (unpaired) electrons. The average Bonchev–Trinajstić information content (AvgIpc) is 3.31. The summed E-state index contributed by atoms with van der Waals surface area (Å²) in [6, 6.07) is 9.45. The van der Waals surface area contributed by atoms with Crippen LogP contribution in [-0.4, -0.2) is 22.6 Å². The second kappa shape index (κ2) is 7.24. The number of anilines is 1. The number of hydrogen-bond acceptors (Lipinski definition) is 7. The molecular formula is C17H15ClN4O2S2. The number of benzene rings is 1. The predicted octanol–water partition coefficient (Wildman–Crippen LogP) is 3.94. The molecule has 0 fully saturated rings. The summed E-state index contributed by atoms with van der Waals surface area (Å²) in [4.78, 5) is 20.4. The van der Waals surface area contributed by atoms with Crippen LogP contribution in [0.25, 0.3) is 21.5 Å². The van der Waals surface area contributed by atoms with Gasteiger partial charge >= 0.3 is 5.76 Å². The van der Waals surface area contributed by atoms with Gasteiger partial charge in [-0.05, 0) is 36.2 Å². The fourth-order valence-corrected chi connectivity index (χ4v) is 4.60. The van der Waals surface area contributed by atoms with Crippen LogP contribution >= 0.6 is 34.3 Å². The van der Waals surface area contributed by atoms with Gasteiger partial charge < -0.3 is 15.5 Å². The van der Waals surface area contributed by atoms with Gasteiger partial charge in [0.1, 0.15) is 0 Å². The second-order valence-corrected chi connectivity index (χ2v) is 8.64. The molecule has 6 nitrogen and oxygen atoms in total. The van der Waals surface area contributed by atoms with Crippen LogP contribution < -0.4 is 16.8 Å². The van der Waals surface area contributed by atoms with Gasteiger partial charge in [-0.3, -0.25) is 4.98 Å². The molecule has 3 heterocycles. The second-order valence-electron chi connectivity index (χ2n) is 5.81. The van der Waals surface area contributed by atoms with E-state index in [1.165, 1.54) is 16.2 Å². The summed E-state index contributed by atoms with van der Waals surface area (Å²) in [6.45, 7) is 0.619. The summed E-state index contributed by atoms with van der Waals surface area (Å²) in [5.41, 5.74) is 8.34. The van der Waals surface area contributed by atoms with E-state index in [1.807, 2.05) is 30.3 Å². The third-order valence-electron chi connectivity index (χ3n) is 3.82. The van der Waals surface area contributed by atoms with E-state index in [2.05, 4.69) is 15.3 Å². The number of nitrogens with two attached hydrogens (primary N) is 1. The van der Waals surface area contributed by atoms with Gasteiger partial charge in [0.2, 0.25) is 0 Å². The zero-order valence-corrected chi connectivity index (χ0v) is 15.9. The Morgan fingerprint density at radius 2 is 2.19 bits per heavy atom. The van der Waals surface area contributed by atoms with Crippen LogP contribution in [0.5, 0.6) is 0 Å². The van der Waals surface area contributed by atoms with Crippen LogP contribution in [-0.2, 0) is 6.42 Å². The molecule has 0 saturated carbocycles. The molecule has 0 aliphatic heterocycles. The summed E-state index contributed by atoms with van der Waals surface area (Å²) in [7, 11) is 0. The number of thiazole rings is 1. The minimum atomic E-state index is -0.454. The topological polar surface area (TPSA) is 96.9 Å². The first-order valence-electron chi connectivity index (χ1n) is 7.89. The largest absolute Gasteiger partial charge is 0.417 e. The Kier molecular flexibility index (Phi) is 4.82. The molecule has 0 aliphatic rings. The SMILES string of the molecule is N[C@@H](CNc1ncc(-c2ccc3[nH]c(=O)oc3c2)s1)Cc1ccc(Cl)s1. The number of aromatic nitrogens is 2. The van der Waals surface area contributed by atoms with Crippen molar-refractivity contribution < 1.29 is 4.42 Å². The molecule has 4 N–H and O–H groups in total. The third-order valence-corrected chi connectivity index (χ3v) is 6.08. The van der Waals surface area contributed by atoms with Gasteiger partial charge in [0.15, 0.2) is 10.7 Å². The van der Waals surface area contributed by atoms with Crippen LogP contribution in [0, 0.1) is 0 Å². The molecule has 0 bridgehead atoms. The van der Waals surface area contributed by atoms with Gasteiger partial charge in [0.05, 0.1) is 14.7 Å². The van der Waals surface area contributed by atoms with Crippen molar-refractivity contribution in [1.82, 2.24) is 9.97 Å². The zero-order valence-electron chi connectivity index (χ0n) is 13.5. The standard InChI is InChI=1S/C17H15ClN4O2S2/c18-15-4-2-11(25-15)6-10(19)7-20-16-21-8-14(26-16)9-1-3-12-13(5-9)24-17(23)22-12/h1-5,8,10H,6-7,19H2,(H,20,21)(H,22,23)/t10-/m1/s1. The fourth-order valence-electron chi connectivity index (χ4n) is 2.60. The van der Waals surface area contributed by atoms with E-state index in [9.17, 15) is 4.79 Å². The Hall–Kier alpha value is -2.13. The Balaban J connectivity index is 1.41. The van der Waals surface area contributed by atoms with E-state index in [-0.39, 0.29) is 6.04 Å². The smallest absolute Gasteiger partial charge is 0.408 e. The molecule has 0 aliphatic carbocycles. The van der Waals surface area contributed by atoms with Crippen LogP contribution in [0.15, 0.2) is 45.7 Å². The first-order chi connectivity index (χ1) is 12.6. The highest BCUT2D eigenvalue weighted by Gasteiger charge is 2.10. The molecule has 1 atom stereocenters. The lowest BCUT2D eigenvalue weighted by Gasteiger charge is -2.10. The van der Waals surface area contributed by atoms with Crippen molar-refractivity contribution in [1.29, 1.82) is 0 Å². The quantitative estimate of drug-likeness (QED) is 0.450. The number of aromatic amines is 1. The maximum atomic E-state index is 11.3. The molecule has 3 aromatic heterocycles. The third kappa shape index (κ3) is 3.83. The van der Waals surface area contributed by atoms with Crippen LogP contribution in [0.2, 0.25) is 4.34 Å². The number of nitrogens with one attached hydrogen (secondary N) is 2. The Labute approximate surface area is 161 Å². The highest BCUT2D eigenvalue weighted by Crippen LogP contribution is 2.30. The minimum Gasteiger partial charge on any atom is -0.408 e. The lowest BCUT2D eigenvalue weighted by molar-refractivity contribution is 0.555. The van der Waals surface area contributed by atoms with Crippen LogP contribution in [0.4, 0.5) is 5.13 Å². The molecule has 4 rings (SSSR count). The Morgan fingerprint density at radius 3 is 3.00 bits per heavy atom. The molecule has 0 spiro atoms. The average molecular weight is 407 g/mol. The number of halogens is 1. The van der Waals surface area contributed by atoms with Crippen molar-refractivity contribution in [3.05, 3.63) is 56.3 Å². The first-order valence-corrected chi connectivity index (χ1v) is 9.90. The van der Waals surface area contributed by atoms with Gasteiger partial charge in [-0.25, -0.2) is 9.78 Å². The molecule has 134 valence electrons. The predicted molar refractivity (Wildman–Crippen MR) is 107 cm³/mol. The van der Waals surface area contributed by atoms with E-state index in [4.69, 9.17) is 21.8 Å². The van der Waals surface area contributed by atoms with E-state index in [0.717, 1.165) is 26.3 Å². The molecule has 0 saturated heterocycles. The van der Waals surface area contributed by atoms with Gasteiger partial charge in [0, 0.05) is 23.7 Å². The van der Waals surface area contributed by atoms with E-state index in [1.54, 1.807) is 17.5 Å². The number of rotatable bonds is 6. The van der Waals surface area contributed by atoms with Crippen molar-refractivity contribution in [3.8, 4) is 10.4 Å². The van der Waals surface area contributed by atoms with Crippen molar-refractivity contribution in [2.45, 2.75) is 12.5 Å².